The van der Waals surface area contributed by atoms with Crippen LogP contribution in [-0.4, -0.2) is 5.75 Å². The summed E-state index contributed by atoms with van der Waals surface area (Å²) in [5.74, 6) is 1.69. The Bertz CT molecular complexity index is 167. The molecule has 0 aliphatic carbocycles. The molecule has 1 unspecified atom stereocenters. The van der Waals surface area contributed by atoms with Gasteiger partial charge in [-0.3, -0.25) is 0 Å². The van der Waals surface area contributed by atoms with E-state index in [1.54, 1.807) is 11.3 Å². The highest BCUT2D eigenvalue weighted by atomic mass is 32.1. The first kappa shape index (κ1) is 8.15. The SMILES string of the molecule is CC(CS)Cc1ccsc1. The van der Waals surface area contributed by atoms with Crippen molar-refractivity contribution >= 4 is 24.0 Å². The molecule has 56 valence electrons. The Hall–Kier alpha value is 0.0500. The first-order valence-corrected chi connectivity index (χ1v) is 5.02. The zero-order chi connectivity index (χ0) is 7.40. The third kappa shape index (κ3) is 2.35. The summed E-state index contributed by atoms with van der Waals surface area (Å²) in [4.78, 5) is 0. The van der Waals surface area contributed by atoms with Crippen LogP contribution in [0.15, 0.2) is 16.8 Å². The second-order valence-corrected chi connectivity index (χ2v) is 3.77. The van der Waals surface area contributed by atoms with E-state index in [9.17, 15) is 0 Å². The first-order valence-electron chi connectivity index (χ1n) is 3.45. The summed E-state index contributed by atoms with van der Waals surface area (Å²) < 4.78 is 0. The Morgan fingerprint density at radius 3 is 3.00 bits per heavy atom. The predicted octanol–water partition coefficient (Wildman–Crippen LogP) is 2.86. The molecule has 0 nitrogen and oxygen atoms in total. The minimum absolute atomic E-state index is 0.706. The molecule has 1 heterocycles. The van der Waals surface area contributed by atoms with Gasteiger partial charge in [-0.1, -0.05) is 6.92 Å². The Balaban J connectivity index is 2.40. The van der Waals surface area contributed by atoms with Crippen molar-refractivity contribution in [1.82, 2.24) is 0 Å². The quantitative estimate of drug-likeness (QED) is 0.666. The molecule has 0 radical (unpaired) electrons. The summed E-state index contributed by atoms with van der Waals surface area (Å²) in [5.41, 5.74) is 1.45. The Morgan fingerprint density at radius 1 is 1.70 bits per heavy atom. The molecule has 0 bridgehead atoms. The van der Waals surface area contributed by atoms with Gasteiger partial charge in [0.2, 0.25) is 0 Å². The lowest BCUT2D eigenvalue weighted by Gasteiger charge is -2.03. The van der Waals surface area contributed by atoms with Gasteiger partial charge in [-0.05, 0) is 40.5 Å². The Morgan fingerprint density at radius 2 is 2.50 bits per heavy atom. The smallest absolute Gasteiger partial charge is 0.00612 e. The Labute approximate surface area is 71.7 Å². The van der Waals surface area contributed by atoms with Crippen LogP contribution in [0.25, 0.3) is 0 Å². The van der Waals surface area contributed by atoms with Crippen LogP contribution < -0.4 is 0 Å². The lowest BCUT2D eigenvalue weighted by atomic mass is 10.1. The van der Waals surface area contributed by atoms with Crippen LogP contribution in [0, 0.1) is 5.92 Å². The second-order valence-electron chi connectivity index (χ2n) is 2.62. The molecule has 1 atom stereocenters. The van der Waals surface area contributed by atoms with Gasteiger partial charge in [-0.25, -0.2) is 0 Å². The molecule has 1 aromatic rings. The maximum Gasteiger partial charge on any atom is -0.00612 e. The monoisotopic (exact) mass is 172 g/mol. The average Bonchev–Trinajstić information content (AvgIpc) is 2.40. The molecular weight excluding hydrogens is 160 g/mol. The van der Waals surface area contributed by atoms with Crippen LogP contribution in [0.3, 0.4) is 0 Å². The summed E-state index contributed by atoms with van der Waals surface area (Å²) in [5, 5.41) is 4.33. The summed E-state index contributed by atoms with van der Waals surface area (Å²) >= 11 is 6.00. The van der Waals surface area contributed by atoms with E-state index in [1.807, 2.05) is 0 Å². The summed E-state index contributed by atoms with van der Waals surface area (Å²) in [7, 11) is 0. The number of rotatable bonds is 3. The first-order chi connectivity index (χ1) is 4.83. The van der Waals surface area contributed by atoms with E-state index in [4.69, 9.17) is 0 Å². The highest BCUT2D eigenvalue weighted by molar-refractivity contribution is 7.80. The number of hydrogen-bond donors (Lipinski definition) is 1. The van der Waals surface area contributed by atoms with Gasteiger partial charge in [-0.15, -0.1) is 0 Å². The van der Waals surface area contributed by atoms with Gasteiger partial charge >= 0.3 is 0 Å². The molecule has 2 heteroatoms. The van der Waals surface area contributed by atoms with E-state index < -0.39 is 0 Å². The van der Waals surface area contributed by atoms with Gasteiger partial charge in [0.15, 0.2) is 0 Å². The molecule has 0 N–H and O–H groups in total. The van der Waals surface area contributed by atoms with Gasteiger partial charge in [0.25, 0.3) is 0 Å². The average molecular weight is 172 g/mol. The standard InChI is InChI=1S/C8H12S2/c1-7(5-9)4-8-2-3-10-6-8/h2-3,6-7,9H,4-5H2,1H3. The molecule has 0 aliphatic heterocycles. The zero-order valence-corrected chi connectivity index (χ0v) is 7.79. The summed E-state index contributed by atoms with van der Waals surface area (Å²) in [6, 6.07) is 2.19. The lowest BCUT2D eigenvalue weighted by Crippen LogP contribution is -1.99. The largest absolute Gasteiger partial charge is 0.179 e. The summed E-state index contributed by atoms with van der Waals surface area (Å²) in [6.45, 7) is 2.23. The molecule has 0 aliphatic rings. The Kier molecular flexibility index (Phi) is 3.29. The number of hydrogen-bond acceptors (Lipinski definition) is 2. The molecule has 0 saturated carbocycles. The van der Waals surface area contributed by atoms with Crippen molar-refractivity contribution in [3.8, 4) is 0 Å². The third-order valence-corrected chi connectivity index (χ3v) is 2.83. The van der Waals surface area contributed by atoms with Crippen LogP contribution in [0.4, 0.5) is 0 Å². The molecule has 1 aromatic heterocycles. The summed E-state index contributed by atoms with van der Waals surface area (Å²) in [6.07, 6.45) is 1.17. The van der Waals surface area contributed by atoms with Crippen LogP contribution in [0.1, 0.15) is 12.5 Å². The number of thiophene rings is 1. The normalized spacial score (nSPS) is 13.4. The topological polar surface area (TPSA) is 0 Å². The molecule has 0 spiro atoms. The van der Waals surface area contributed by atoms with Gasteiger partial charge in [0.05, 0.1) is 0 Å². The molecule has 0 aromatic carbocycles. The molecule has 0 amide bonds. The van der Waals surface area contributed by atoms with Crippen molar-refractivity contribution in [3.05, 3.63) is 22.4 Å². The van der Waals surface area contributed by atoms with Crippen LogP contribution >= 0.6 is 24.0 Å². The van der Waals surface area contributed by atoms with E-state index in [-0.39, 0.29) is 0 Å². The number of thiol groups is 1. The highest BCUT2D eigenvalue weighted by Gasteiger charge is 2.00. The second kappa shape index (κ2) is 4.04. The highest BCUT2D eigenvalue weighted by Crippen LogP contribution is 2.12. The predicted molar refractivity (Wildman–Crippen MR) is 51.0 cm³/mol. The minimum Gasteiger partial charge on any atom is -0.179 e. The fraction of sp³-hybridized carbons (Fsp3) is 0.500. The van der Waals surface area contributed by atoms with Crippen LogP contribution in [0.5, 0.6) is 0 Å². The molecule has 0 saturated heterocycles. The van der Waals surface area contributed by atoms with Crippen LogP contribution in [0.2, 0.25) is 0 Å². The van der Waals surface area contributed by atoms with E-state index in [0.29, 0.717) is 5.92 Å². The van der Waals surface area contributed by atoms with Crippen molar-refractivity contribution in [2.45, 2.75) is 13.3 Å². The van der Waals surface area contributed by atoms with Crippen molar-refractivity contribution in [3.63, 3.8) is 0 Å². The van der Waals surface area contributed by atoms with E-state index in [0.717, 1.165) is 5.75 Å². The third-order valence-electron chi connectivity index (χ3n) is 1.48. The molecule has 10 heavy (non-hydrogen) atoms. The van der Waals surface area contributed by atoms with Crippen molar-refractivity contribution in [1.29, 1.82) is 0 Å². The van der Waals surface area contributed by atoms with E-state index in [2.05, 4.69) is 36.4 Å². The van der Waals surface area contributed by atoms with Gasteiger partial charge < -0.3 is 0 Å². The van der Waals surface area contributed by atoms with Crippen molar-refractivity contribution < 1.29 is 0 Å². The van der Waals surface area contributed by atoms with Crippen LogP contribution in [-0.2, 0) is 6.42 Å². The van der Waals surface area contributed by atoms with Gasteiger partial charge in [0.1, 0.15) is 0 Å². The molecule has 1 rings (SSSR count). The maximum atomic E-state index is 4.23. The van der Waals surface area contributed by atoms with Crippen molar-refractivity contribution in [2.24, 2.45) is 5.92 Å². The molecule has 0 fully saturated rings. The van der Waals surface area contributed by atoms with E-state index in [1.165, 1.54) is 12.0 Å². The zero-order valence-electron chi connectivity index (χ0n) is 6.08. The van der Waals surface area contributed by atoms with Crippen molar-refractivity contribution in [2.75, 3.05) is 5.75 Å². The van der Waals surface area contributed by atoms with Gasteiger partial charge in [-0.2, -0.15) is 24.0 Å². The fourth-order valence-corrected chi connectivity index (χ4v) is 1.69. The van der Waals surface area contributed by atoms with E-state index >= 15 is 0 Å². The lowest BCUT2D eigenvalue weighted by molar-refractivity contribution is 0.662. The molecular formula is C8H12S2. The van der Waals surface area contributed by atoms with Gasteiger partial charge in [0, 0.05) is 0 Å². The maximum absolute atomic E-state index is 4.23. The fourth-order valence-electron chi connectivity index (χ4n) is 0.876. The minimum atomic E-state index is 0.706.